The first-order valence-corrected chi connectivity index (χ1v) is 13.6. The van der Waals surface area contributed by atoms with Crippen molar-refractivity contribution < 1.29 is 19.1 Å². The number of nitrogens with zero attached hydrogens (tertiary/aromatic N) is 3. The molecule has 4 aromatic rings. The molecule has 2 aliphatic rings. The number of ether oxygens (including phenoxy) is 2. The number of carbonyl (C=O) groups is 1. The molecule has 0 bridgehead atoms. The lowest BCUT2D eigenvalue weighted by Crippen LogP contribution is -2.35. The predicted molar refractivity (Wildman–Crippen MR) is 150 cm³/mol. The summed E-state index contributed by atoms with van der Waals surface area (Å²) < 4.78 is 11.0. The van der Waals surface area contributed by atoms with Crippen molar-refractivity contribution in [1.29, 1.82) is 0 Å². The number of hydrogen-bond donors (Lipinski definition) is 2. The summed E-state index contributed by atoms with van der Waals surface area (Å²) in [6, 6.07) is 18.0. The van der Waals surface area contributed by atoms with Gasteiger partial charge in [0.15, 0.2) is 11.9 Å². The Morgan fingerprint density at radius 3 is 2.50 bits per heavy atom. The molecule has 2 aromatic heterocycles. The van der Waals surface area contributed by atoms with Crippen LogP contribution < -0.4 is 5.48 Å². The molecule has 1 amide bonds. The van der Waals surface area contributed by atoms with Crippen LogP contribution in [0.15, 0.2) is 60.8 Å². The molecular weight excluding hydrogens is 506 g/mol. The minimum absolute atomic E-state index is 0.373. The van der Waals surface area contributed by atoms with E-state index in [1.165, 1.54) is 5.56 Å². The molecule has 40 heavy (non-hydrogen) atoms. The number of morpholine rings is 1. The molecule has 1 atom stereocenters. The number of benzene rings is 2. The van der Waals surface area contributed by atoms with Gasteiger partial charge in [0.25, 0.3) is 5.91 Å². The highest BCUT2D eigenvalue weighted by Crippen LogP contribution is 2.24. The Morgan fingerprint density at radius 1 is 1.02 bits per heavy atom. The van der Waals surface area contributed by atoms with E-state index in [1.807, 2.05) is 24.3 Å². The van der Waals surface area contributed by atoms with Crippen molar-refractivity contribution >= 4 is 16.9 Å². The standard InChI is InChI=1S/C31H31N5O4/c37-31(35-40-29-3-1-2-16-39-29)26-19-28(33-30-27(26)20-32-34-30)25-12-10-23(11-13-25)5-4-22-6-8-24(9-7-22)21-36-14-17-38-18-15-36/h6-13,19-20,29H,1-3,14-18,21H2,(H,35,37)(H,32,33,34). The molecule has 9 heteroatoms. The van der Waals surface area contributed by atoms with Crippen molar-refractivity contribution in [2.24, 2.45) is 0 Å². The molecule has 2 fully saturated rings. The third kappa shape index (κ3) is 6.38. The SMILES string of the molecule is O=C(NOC1CCCCO1)c1cc(-c2ccc(C#Cc3ccc(CN4CCOCC4)cc3)cc2)nc2[nH]ncc12. The van der Waals surface area contributed by atoms with E-state index in [-0.39, 0.29) is 5.91 Å². The van der Waals surface area contributed by atoms with E-state index in [2.05, 4.69) is 61.7 Å². The van der Waals surface area contributed by atoms with Gasteiger partial charge in [0, 0.05) is 49.4 Å². The van der Waals surface area contributed by atoms with E-state index in [9.17, 15) is 4.79 Å². The first kappa shape index (κ1) is 26.2. The Morgan fingerprint density at radius 2 is 1.77 bits per heavy atom. The Labute approximate surface area is 232 Å². The van der Waals surface area contributed by atoms with Gasteiger partial charge in [-0.25, -0.2) is 15.3 Å². The first-order chi connectivity index (χ1) is 19.7. The van der Waals surface area contributed by atoms with E-state index >= 15 is 0 Å². The number of aromatic nitrogens is 3. The minimum atomic E-state index is -0.430. The summed E-state index contributed by atoms with van der Waals surface area (Å²) in [5, 5.41) is 7.56. The summed E-state index contributed by atoms with van der Waals surface area (Å²) in [5.74, 6) is 6.11. The van der Waals surface area contributed by atoms with E-state index < -0.39 is 6.29 Å². The first-order valence-electron chi connectivity index (χ1n) is 13.6. The number of rotatable bonds is 6. The maximum absolute atomic E-state index is 13.0. The van der Waals surface area contributed by atoms with Crippen LogP contribution in [0.1, 0.15) is 46.3 Å². The minimum Gasteiger partial charge on any atom is -0.379 e. The largest absolute Gasteiger partial charge is 0.379 e. The molecule has 0 radical (unpaired) electrons. The predicted octanol–water partition coefficient (Wildman–Crippen LogP) is 4.04. The second-order valence-corrected chi connectivity index (χ2v) is 9.95. The topological polar surface area (TPSA) is 102 Å². The zero-order valence-corrected chi connectivity index (χ0v) is 22.2. The van der Waals surface area contributed by atoms with Gasteiger partial charge < -0.3 is 9.47 Å². The van der Waals surface area contributed by atoms with Gasteiger partial charge in [-0.3, -0.25) is 14.8 Å². The van der Waals surface area contributed by atoms with Gasteiger partial charge in [0.05, 0.1) is 36.1 Å². The average molecular weight is 538 g/mol. The van der Waals surface area contributed by atoms with Gasteiger partial charge in [0.1, 0.15) is 0 Å². The number of carbonyl (C=O) groups excluding carboxylic acids is 1. The van der Waals surface area contributed by atoms with Crippen LogP contribution in [0.2, 0.25) is 0 Å². The van der Waals surface area contributed by atoms with Gasteiger partial charge in [0.2, 0.25) is 0 Å². The van der Waals surface area contributed by atoms with E-state index in [0.717, 1.165) is 68.8 Å². The zero-order chi connectivity index (χ0) is 27.1. The lowest BCUT2D eigenvalue weighted by molar-refractivity contribution is -0.186. The number of hydroxylamine groups is 1. The normalized spacial score (nSPS) is 17.8. The smallest absolute Gasteiger partial charge is 0.275 e. The number of nitrogens with one attached hydrogen (secondary N) is 2. The fourth-order valence-electron chi connectivity index (χ4n) is 4.82. The Hall–Kier alpha value is -4.07. The summed E-state index contributed by atoms with van der Waals surface area (Å²) in [6.45, 7) is 5.12. The summed E-state index contributed by atoms with van der Waals surface area (Å²) in [5.41, 5.74) is 8.13. The zero-order valence-electron chi connectivity index (χ0n) is 22.2. The van der Waals surface area contributed by atoms with Crippen molar-refractivity contribution in [3.8, 4) is 23.1 Å². The molecule has 204 valence electrons. The highest BCUT2D eigenvalue weighted by atomic mass is 16.8. The van der Waals surface area contributed by atoms with Crippen LogP contribution in [-0.4, -0.2) is 65.2 Å². The number of pyridine rings is 1. The lowest BCUT2D eigenvalue weighted by atomic mass is 10.0. The van der Waals surface area contributed by atoms with E-state index in [1.54, 1.807) is 12.3 Å². The molecule has 4 heterocycles. The van der Waals surface area contributed by atoms with Crippen molar-refractivity contribution in [3.05, 3.63) is 83.0 Å². The highest BCUT2D eigenvalue weighted by molar-refractivity contribution is 6.05. The van der Waals surface area contributed by atoms with Gasteiger partial charge in [-0.2, -0.15) is 5.10 Å². The Kier molecular flexibility index (Phi) is 8.12. The molecule has 1 unspecified atom stereocenters. The second-order valence-electron chi connectivity index (χ2n) is 9.95. The van der Waals surface area contributed by atoms with Crippen molar-refractivity contribution in [3.63, 3.8) is 0 Å². The maximum Gasteiger partial charge on any atom is 0.275 e. The monoisotopic (exact) mass is 537 g/mol. The average Bonchev–Trinajstić information content (AvgIpc) is 3.49. The molecule has 9 nitrogen and oxygen atoms in total. The number of fused-ring (bicyclic) bond motifs is 1. The molecule has 0 saturated carbocycles. The third-order valence-corrected chi connectivity index (χ3v) is 7.08. The molecular formula is C31H31N5O4. The van der Waals surface area contributed by atoms with Gasteiger partial charge in [-0.15, -0.1) is 0 Å². The number of H-pyrrole nitrogens is 1. The molecule has 2 N–H and O–H groups in total. The number of aromatic amines is 1. The van der Waals surface area contributed by atoms with Crippen LogP contribution in [0.4, 0.5) is 0 Å². The van der Waals surface area contributed by atoms with Crippen molar-refractivity contribution in [2.75, 3.05) is 32.9 Å². The van der Waals surface area contributed by atoms with Crippen LogP contribution >= 0.6 is 0 Å². The van der Waals surface area contributed by atoms with Crippen LogP contribution in [-0.2, 0) is 20.9 Å². The maximum atomic E-state index is 13.0. The van der Waals surface area contributed by atoms with Gasteiger partial charge in [-0.05, 0) is 48.7 Å². The Bertz CT molecular complexity index is 1510. The fraction of sp³-hybridized carbons (Fsp3) is 0.323. The summed E-state index contributed by atoms with van der Waals surface area (Å²) >= 11 is 0. The number of hydrogen-bond acceptors (Lipinski definition) is 7. The van der Waals surface area contributed by atoms with Crippen molar-refractivity contribution in [2.45, 2.75) is 32.1 Å². The molecule has 0 aliphatic carbocycles. The lowest BCUT2D eigenvalue weighted by Gasteiger charge is -2.26. The molecule has 2 aromatic carbocycles. The van der Waals surface area contributed by atoms with Gasteiger partial charge in [-0.1, -0.05) is 36.1 Å². The second kappa shape index (κ2) is 12.4. The number of amides is 1. The van der Waals surface area contributed by atoms with E-state index in [4.69, 9.17) is 14.3 Å². The fourth-order valence-corrected chi connectivity index (χ4v) is 4.82. The summed E-state index contributed by atoms with van der Waals surface area (Å²) in [7, 11) is 0. The third-order valence-electron chi connectivity index (χ3n) is 7.08. The summed E-state index contributed by atoms with van der Waals surface area (Å²) in [6.07, 6.45) is 3.92. The van der Waals surface area contributed by atoms with Crippen LogP contribution in [0.25, 0.3) is 22.3 Å². The summed E-state index contributed by atoms with van der Waals surface area (Å²) in [4.78, 5) is 25.6. The van der Waals surface area contributed by atoms with Crippen LogP contribution in [0, 0.1) is 11.8 Å². The quantitative estimate of drug-likeness (QED) is 0.283. The molecule has 6 rings (SSSR count). The molecule has 2 aliphatic heterocycles. The van der Waals surface area contributed by atoms with E-state index in [0.29, 0.717) is 28.9 Å². The molecule has 2 saturated heterocycles. The van der Waals surface area contributed by atoms with Crippen molar-refractivity contribution in [1.82, 2.24) is 25.6 Å². The highest BCUT2D eigenvalue weighted by Gasteiger charge is 2.19. The molecule has 0 spiro atoms. The van der Waals surface area contributed by atoms with Crippen LogP contribution in [0.5, 0.6) is 0 Å². The van der Waals surface area contributed by atoms with Gasteiger partial charge >= 0.3 is 0 Å². The Balaban J connectivity index is 1.13. The van der Waals surface area contributed by atoms with Crippen LogP contribution in [0.3, 0.4) is 0 Å².